The van der Waals surface area contributed by atoms with E-state index >= 15 is 0 Å². The number of benzene rings is 2. The zero-order valence-corrected chi connectivity index (χ0v) is 13.0. The second kappa shape index (κ2) is 6.08. The molecule has 4 heteroatoms. The molecule has 0 fully saturated rings. The third-order valence-electron chi connectivity index (χ3n) is 3.81. The highest BCUT2D eigenvalue weighted by Crippen LogP contribution is 2.22. The lowest BCUT2D eigenvalue weighted by atomic mass is 9.91. The van der Waals surface area contributed by atoms with Gasteiger partial charge in [0.2, 0.25) is 0 Å². The zero-order valence-electron chi connectivity index (χ0n) is 11.5. The maximum absolute atomic E-state index is 13.9. The molecule has 0 aliphatic carbocycles. The number of fused-ring (bicyclic) bond motifs is 1. The molecule has 2 aromatic rings. The molecular weight excluding hydrogens is 333 g/mol. The van der Waals surface area contributed by atoms with Gasteiger partial charge in [-0.3, -0.25) is 4.79 Å². The molecule has 1 aliphatic heterocycles. The minimum Gasteiger partial charge on any atom is -0.312 e. The van der Waals surface area contributed by atoms with Gasteiger partial charge in [0.25, 0.3) is 0 Å². The van der Waals surface area contributed by atoms with Crippen molar-refractivity contribution in [1.82, 2.24) is 5.32 Å². The van der Waals surface area contributed by atoms with Gasteiger partial charge in [-0.2, -0.15) is 0 Å². The average molecular weight is 348 g/mol. The summed E-state index contributed by atoms with van der Waals surface area (Å²) in [7, 11) is 0. The lowest BCUT2D eigenvalue weighted by molar-refractivity contribution is 0.0990. The molecule has 1 aliphatic rings. The Morgan fingerprint density at radius 2 is 2.14 bits per heavy atom. The van der Waals surface area contributed by atoms with Crippen LogP contribution in [0.2, 0.25) is 0 Å². The van der Waals surface area contributed by atoms with Crippen molar-refractivity contribution in [1.29, 1.82) is 0 Å². The maximum atomic E-state index is 13.9. The van der Waals surface area contributed by atoms with Gasteiger partial charge >= 0.3 is 0 Å². The Kier molecular flexibility index (Phi) is 4.17. The van der Waals surface area contributed by atoms with E-state index in [-0.39, 0.29) is 18.0 Å². The summed E-state index contributed by atoms with van der Waals surface area (Å²) in [5.41, 5.74) is 3.45. The van der Waals surface area contributed by atoms with Gasteiger partial charge in [-0.05, 0) is 41.8 Å². The lowest BCUT2D eigenvalue weighted by Gasteiger charge is -2.19. The van der Waals surface area contributed by atoms with Crippen molar-refractivity contribution in [3.8, 4) is 0 Å². The molecule has 0 saturated heterocycles. The lowest BCUT2D eigenvalue weighted by Crippen LogP contribution is -2.25. The van der Waals surface area contributed by atoms with Crippen LogP contribution in [0, 0.1) is 5.82 Å². The topological polar surface area (TPSA) is 29.1 Å². The Hall–Kier alpha value is -1.52. The van der Waals surface area contributed by atoms with Crippen molar-refractivity contribution in [3.63, 3.8) is 0 Å². The van der Waals surface area contributed by atoms with Crippen molar-refractivity contribution >= 4 is 21.7 Å². The van der Waals surface area contributed by atoms with Crippen LogP contribution in [0.1, 0.15) is 27.0 Å². The Morgan fingerprint density at radius 3 is 2.95 bits per heavy atom. The highest BCUT2D eigenvalue weighted by molar-refractivity contribution is 9.10. The Morgan fingerprint density at radius 1 is 1.29 bits per heavy atom. The Bertz CT molecular complexity index is 699. The summed E-state index contributed by atoms with van der Waals surface area (Å²) in [6.07, 6.45) is 0.947. The minimum absolute atomic E-state index is 0.0185. The molecule has 0 aromatic heterocycles. The Labute approximate surface area is 131 Å². The van der Waals surface area contributed by atoms with Crippen LogP contribution in [-0.4, -0.2) is 12.3 Å². The van der Waals surface area contributed by atoms with E-state index in [1.807, 2.05) is 18.2 Å². The summed E-state index contributed by atoms with van der Waals surface area (Å²) in [6, 6.07) is 10.6. The van der Waals surface area contributed by atoms with Crippen molar-refractivity contribution in [2.75, 3.05) is 6.54 Å². The fourth-order valence-electron chi connectivity index (χ4n) is 2.73. The van der Waals surface area contributed by atoms with E-state index in [1.165, 1.54) is 11.6 Å². The molecule has 0 amide bonds. The smallest absolute Gasteiger partial charge is 0.167 e. The van der Waals surface area contributed by atoms with Crippen LogP contribution in [0.5, 0.6) is 0 Å². The highest BCUT2D eigenvalue weighted by atomic mass is 79.9. The number of Topliss-reactive ketones (excluding diaryl/α,β-unsaturated/α-hetero) is 1. The molecule has 0 unspecified atom stereocenters. The predicted octanol–water partition coefficient (Wildman–Crippen LogP) is 3.66. The third-order valence-corrected chi connectivity index (χ3v) is 4.30. The van der Waals surface area contributed by atoms with Gasteiger partial charge in [-0.1, -0.05) is 40.2 Å². The molecule has 0 atom stereocenters. The number of hydrogen-bond acceptors (Lipinski definition) is 2. The monoisotopic (exact) mass is 347 g/mol. The van der Waals surface area contributed by atoms with Gasteiger partial charge < -0.3 is 5.32 Å². The van der Waals surface area contributed by atoms with Crippen molar-refractivity contribution < 1.29 is 9.18 Å². The van der Waals surface area contributed by atoms with E-state index in [4.69, 9.17) is 0 Å². The first-order valence-corrected chi connectivity index (χ1v) is 7.73. The van der Waals surface area contributed by atoms with Gasteiger partial charge in [0.15, 0.2) is 5.78 Å². The molecule has 3 rings (SSSR count). The minimum atomic E-state index is -0.343. The van der Waals surface area contributed by atoms with E-state index in [2.05, 4.69) is 21.2 Å². The molecule has 0 spiro atoms. The average Bonchev–Trinajstić information content (AvgIpc) is 2.49. The number of halogens is 2. The normalized spacial score (nSPS) is 13.8. The molecular formula is C17H15BrFNO. The van der Waals surface area contributed by atoms with Crippen LogP contribution < -0.4 is 5.32 Å². The molecule has 21 heavy (non-hydrogen) atoms. The number of carbonyl (C=O) groups excluding carboxylic acids is 1. The SMILES string of the molecule is O=C(Cc1ccc(Br)cc1F)c1cccc2c1CCNC2. The fraction of sp³-hybridized carbons (Fsp3) is 0.235. The second-order valence-electron chi connectivity index (χ2n) is 5.21. The molecule has 1 heterocycles. The quantitative estimate of drug-likeness (QED) is 0.858. The first-order chi connectivity index (χ1) is 10.1. The van der Waals surface area contributed by atoms with Crippen molar-refractivity contribution in [3.05, 3.63) is 68.9 Å². The standard InChI is InChI=1S/C17H15BrFNO/c18-13-5-4-11(16(19)9-13)8-17(21)15-3-1-2-12-10-20-7-6-14(12)15/h1-5,9,20H,6-8,10H2. The van der Waals surface area contributed by atoms with Crippen LogP contribution in [0.4, 0.5) is 4.39 Å². The highest BCUT2D eigenvalue weighted by Gasteiger charge is 2.18. The number of carbonyl (C=O) groups is 1. The van der Waals surface area contributed by atoms with Gasteiger partial charge in [-0.15, -0.1) is 0 Å². The molecule has 0 saturated carbocycles. The third kappa shape index (κ3) is 3.06. The van der Waals surface area contributed by atoms with Gasteiger partial charge in [0.1, 0.15) is 5.82 Å². The van der Waals surface area contributed by atoms with Gasteiger partial charge in [0, 0.05) is 23.0 Å². The molecule has 0 radical (unpaired) electrons. The van der Waals surface area contributed by atoms with Crippen LogP contribution in [0.3, 0.4) is 0 Å². The van der Waals surface area contributed by atoms with E-state index in [9.17, 15) is 9.18 Å². The molecule has 0 bridgehead atoms. The van der Waals surface area contributed by atoms with Crippen LogP contribution in [0.15, 0.2) is 40.9 Å². The van der Waals surface area contributed by atoms with Crippen LogP contribution in [-0.2, 0) is 19.4 Å². The largest absolute Gasteiger partial charge is 0.312 e. The summed E-state index contributed by atoms with van der Waals surface area (Å²) in [6.45, 7) is 1.67. The fourth-order valence-corrected chi connectivity index (χ4v) is 3.06. The van der Waals surface area contributed by atoms with Crippen molar-refractivity contribution in [2.24, 2.45) is 0 Å². The summed E-state index contributed by atoms with van der Waals surface area (Å²) >= 11 is 3.22. The molecule has 1 N–H and O–H groups in total. The predicted molar refractivity (Wildman–Crippen MR) is 84.0 cm³/mol. The number of nitrogens with one attached hydrogen (secondary N) is 1. The van der Waals surface area contributed by atoms with E-state index in [0.717, 1.165) is 30.6 Å². The van der Waals surface area contributed by atoms with E-state index < -0.39 is 0 Å². The Balaban J connectivity index is 1.89. The summed E-state index contributed by atoms with van der Waals surface area (Å²) in [5.74, 6) is -0.362. The summed E-state index contributed by atoms with van der Waals surface area (Å²) < 4.78 is 14.6. The van der Waals surface area contributed by atoms with E-state index in [0.29, 0.717) is 10.0 Å². The zero-order chi connectivity index (χ0) is 14.8. The molecule has 108 valence electrons. The maximum Gasteiger partial charge on any atom is 0.167 e. The molecule has 2 nitrogen and oxygen atoms in total. The summed E-state index contributed by atoms with van der Waals surface area (Å²) in [4.78, 5) is 12.5. The molecule has 2 aromatic carbocycles. The number of rotatable bonds is 3. The second-order valence-corrected chi connectivity index (χ2v) is 6.12. The van der Waals surface area contributed by atoms with Crippen LogP contribution >= 0.6 is 15.9 Å². The van der Waals surface area contributed by atoms with E-state index in [1.54, 1.807) is 12.1 Å². The van der Waals surface area contributed by atoms with Gasteiger partial charge in [-0.25, -0.2) is 4.39 Å². The number of hydrogen-bond donors (Lipinski definition) is 1. The first kappa shape index (κ1) is 14.4. The van der Waals surface area contributed by atoms with Crippen molar-refractivity contribution in [2.45, 2.75) is 19.4 Å². The number of ketones is 1. The summed E-state index contributed by atoms with van der Waals surface area (Å²) in [5, 5.41) is 3.30. The van der Waals surface area contributed by atoms with Gasteiger partial charge in [0.05, 0.1) is 0 Å². The first-order valence-electron chi connectivity index (χ1n) is 6.94. The van der Waals surface area contributed by atoms with Crippen LogP contribution in [0.25, 0.3) is 0 Å².